The monoisotopic (exact) mass is 463 g/mol. The lowest BCUT2D eigenvalue weighted by Crippen LogP contribution is -2.39. The van der Waals surface area contributed by atoms with Gasteiger partial charge in [0.25, 0.3) is 5.91 Å². The van der Waals surface area contributed by atoms with Crippen LogP contribution in [0, 0.1) is 0 Å². The highest BCUT2D eigenvalue weighted by molar-refractivity contribution is 7.89. The smallest absolute Gasteiger partial charge is 0.255 e. The SMILES string of the molecule is C=CCOc1ccc(/C=N\NC(=O)CN(Cc2ccccc2)S(=O)(=O)c2ccccc2)cc1. The molecule has 33 heavy (non-hydrogen) atoms. The van der Waals surface area contributed by atoms with Crippen LogP contribution >= 0.6 is 0 Å². The zero-order valence-corrected chi connectivity index (χ0v) is 18.8. The Morgan fingerprint density at radius 2 is 1.61 bits per heavy atom. The van der Waals surface area contributed by atoms with Gasteiger partial charge < -0.3 is 4.74 Å². The number of benzene rings is 3. The zero-order chi connectivity index (χ0) is 23.5. The molecule has 0 aliphatic rings. The molecule has 0 aliphatic heterocycles. The number of nitrogens with zero attached hydrogens (tertiary/aromatic N) is 2. The fourth-order valence-corrected chi connectivity index (χ4v) is 4.34. The number of ether oxygens (including phenoxy) is 1. The minimum Gasteiger partial charge on any atom is -0.490 e. The third-order valence-corrected chi connectivity index (χ3v) is 6.36. The maximum atomic E-state index is 13.2. The van der Waals surface area contributed by atoms with Crippen LogP contribution in [0.25, 0.3) is 0 Å². The lowest BCUT2D eigenvalue weighted by atomic mass is 10.2. The van der Waals surface area contributed by atoms with E-state index in [1.807, 2.05) is 30.3 Å². The molecule has 0 spiro atoms. The van der Waals surface area contributed by atoms with E-state index < -0.39 is 15.9 Å². The van der Waals surface area contributed by atoms with E-state index in [4.69, 9.17) is 4.74 Å². The third-order valence-electron chi connectivity index (χ3n) is 4.55. The largest absolute Gasteiger partial charge is 0.490 e. The Morgan fingerprint density at radius 3 is 2.24 bits per heavy atom. The summed E-state index contributed by atoms with van der Waals surface area (Å²) in [4.78, 5) is 12.6. The second-order valence-corrected chi connectivity index (χ2v) is 8.97. The van der Waals surface area contributed by atoms with Crippen molar-refractivity contribution in [2.45, 2.75) is 11.4 Å². The first-order valence-corrected chi connectivity index (χ1v) is 11.7. The van der Waals surface area contributed by atoms with Crippen molar-refractivity contribution in [2.75, 3.05) is 13.2 Å². The van der Waals surface area contributed by atoms with Crippen LogP contribution in [0.3, 0.4) is 0 Å². The minimum absolute atomic E-state index is 0.0569. The van der Waals surface area contributed by atoms with Gasteiger partial charge in [0.1, 0.15) is 12.4 Å². The number of amides is 1. The molecule has 1 amide bonds. The summed E-state index contributed by atoms with van der Waals surface area (Å²) in [6, 6.07) is 24.3. The Bertz CT molecular complexity index is 1180. The molecule has 0 saturated heterocycles. The van der Waals surface area contributed by atoms with Crippen LogP contribution in [0.2, 0.25) is 0 Å². The van der Waals surface area contributed by atoms with Gasteiger partial charge in [0.05, 0.1) is 17.7 Å². The molecule has 0 bridgehead atoms. The molecule has 0 aromatic heterocycles. The predicted octanol–water partition coefficient (Wildman–Crippen LogP) is 3.59. The van der Waals surface area contributed by atoms with Crippen LogP contribution < -0.4 is 10.2 Å². The predicted molar refractivity (Wildman–Crippen MR) is 128 cm³/mol. The molecule has 0 aliphatic carbocycles. The molecule has 3 aromatic rings. The average molecular weight is 464 g/mol. The van der Waals surface area contributed by atoms with Gasteiger partial charge in [-0.25, -0.2) is 13.8 Å². The number of carbonyl (C=O) groups excluding carboxylic acids is 1. The lowest BCUT2D eigenvalue weighted by molar-refractivity contribution is -0.121. The van der Waals surface area contributed by atoms with Gasteiger partial charge in [-0.05, 0) is 47.5 Å². The van der Waals surface area contributed by atoms with Crippen LogP contribution in [0.15, 0.2) is 108 Å². The van der Waals surface area contributed by atoms with E-state index in [1.165, 1.54) is 18.3 Å². The second-order valence-electron chi connectivity index (χ2n) is 7.03. The average Bonchev–Trinajstić information content (AvgIpc) is 2.84. The first-order chi connectivity index (χ1) is 16.0. The van der Waals surface area contributed by atoms with Crippen molar-refractivity contribution in [1.29, 1.82) is 0 Å². The van der Waals surface area contributed by atoms with Crippen molar-refractivity contribution in [3.63, 3.8) is 0 Å². The van der Waals surface area contributed by atoms with Crippen LogP contribution in [-0.4, -0.2) is 38.0 Å². The first-order valence-electron chi connectivity index (χ1n) is 10.2. The Balaban J connectivity index is 1.68. The van der Waals surface area contributed by atoms with Gasteiger partial charge in [-0.3, -0.25) is 4.79 Å². The van der Waals surface area contributed by atoms with Crippen molar-refractivity contribution in [2.24, 2.45) is 5.10 Å². The lowest BCUT2D eigenvalue weighted by Gasteiger charge is -2.21. The van der Waals surface area contributed by atoms with Gasteiger partial charge in [-0.1, -0.05) is 61.2 Å². The number of rotatable bonds is 11. The van der Waals surface area contributed by atoms with Crippen molar-refractivity contribution in [3.05, 3.63) is 109 Å². The summed E-state index contributed by atoms with van der Waals surface area (Å²) < 4.78 is 32.9. The van der Waals surface area contributed by atoms with E-state index >= 15 is 0 Å². The Kier molecular flexibility index (Phi) is 8.51. The molecule has 7 nitrogen and oxygen atoms in total. The number of hydrazone groups is 1. The molecule has 3 aromatic carbocycles. The molecule has 0 radical (unpaired) electrons. The van der Waals surface area contributed by atoms with Gasteiger partial charge in [0.2, 0.25) is 10.0 Å². The van der Waals surface area contributed by atoms with Crippen LogP contribution in [0.1, 0.15) is 11.1 Å². The van der Waals surface area contributed by atoms with Gasteiger partial charge in [-0.2, -0.15) is 9.41 Å². The molecule has 0 fully saturated rings. The molecule has 0 unspecified atom stereocenters. The van der Waals surface area contributed by atoms with E-state index in [1.54, 1.807) is 48.5 Å². The Hall–Kier alpha value is -3.75. The van der Waals surface area contributed by atoms with Crippen LogP contribution in [-0.2, 0) is 21.4 Å². The van der Waals surface area contributed by atoms with Gasteiger partial charge in [-0.15, -0.1) is 0 Å². The van der Waals surface area contributed by atoms with Crippen LogP contribution in [0.4, 0.5) is 0 Å². The van der Waals surface area contributed by atoms with Gasteiger partial charge in [0.15, 0.2) is 0 Å². The van der Waals surface area contributed by atoms with Gasteiger partial charge in [0, 0.05) is 6.54 Å². The Morgan fingerprint density at radius 1 is 0.970 bits per heavy atom. The highest BCUT2D eigenvalue weighted by Gasteiger charge is 2.26. The maximum Gasteiger partial charge on any atom is 0.255 e. The van der Waals surface area contributed by atoms with Crippen LogP contribution in [0.5, 0.6) is 5.75 Å². The summed E-state index contributed by atoms with van der Waals surface area (Å²) >= 11 is 0. The standard InChI is InChI=1S/C25H25N3O4S/c1-2-17-32-23-15-13-21(14-16-23)18-26-27-25(29)20-28(19-22-9-5-3-6-10-22)33(30,31)24-11-7-4-8-12-24/h2-16,18H,1,17,19-20H2,(H,27,29)/b26-18-. The number of hydrogen-bond donors (Lipinski definition) is 1. The van der Waals surface area contributed by atoms with Crippen molar-refractivity contribution >= 4 is 22.1 Å². The number of hydrogen-bond acceptors (Lipinski definition) is 5. The second kappa shape index (κ2) is 11.8. The fourth-order valence-electron chi connectivity index (χ4n) is 2.93. The molecule has 3 rings (SSSR count). The number of nitrogens with one attached hydrogen (secondary N) is 1. The molecule has 170 valence electrons. The normalized spacial score (nSPS) is 11.4. The zero-order valence-electron chi connectivity index (χ0n) is 18.0. The summed E-state index contributed by atoms with van der Waals surface area (Å²) in [5, 5.41) is 3.95. The first kappa shape index (κ1) is 23.9. The summed E-state index contributed by atoms with van der Waals surface area (Å²) in [5.41, 5.74) is 3.92. The van der Waals surface area contributed by atoms with E-state index in [9.17, 15) is 13.2 Å². The van der Waals surface area contributed by atoms with Crippen molar-refractivity contribution in [3.8, 4) is 5.75 Å². The summed E-state index contributed by atoms with van der Waals surface area (Å²) in [5.74, 6) is 0.145. The van der Waals surface area contributed by atoms with E-state index in [-0.39, 0.29) is 18.0 Å². The van der Waals surface area contributed by atoms with E-state index in [2.05, 4.69) is 17.1 Å². The van der Waals surface area contributed by atoms with Crippen molar-refractivity contribution in [1.82, 2.24) is 9.73 Å². The molecule has 0 heterocycles. The highest BCUT2D eigenvalue weighted by Crippen LogP contribution is 2.18. The molecule has 1 N–H and O–H groups in total. The van der Waals surface area contributed by atoms with Gasteiger partial charge >= 0.3 is 0 Å². The maximum absolute atomic E-state index is 13.2. The number of sulfonamides is 1. The molecule has 8 heteroatoms. The molecular weight excluding hydrogens is 438 g/mol. The summed E-state index contributed by atoms with van der Waals surface area (Å²) in [6.07, 6.45) is 3.13. The quantitative estimate of drug-likeness (QED) is 0.267. The third kappa shape index (κ3) is 7.13. The topological polar surface area (TPSA) is 88.1 Å². The van der Waals surface area contributed by atoms with E-state index in [0.29, 0.717) is 12.4 Å². The molecule has 0 atom stereocenters. The molecular formula is C25H25N3O4S. The summed E-state index contributed by atoms with van der Waals surface area (Å²) in [6.45, 7) is 3.69. The number of carbonyl (C=O) groups is 1. The summed E-state index contributed by atoms with van der Waals surface area (Å²) in [7, 11) is -3.88. The minimum atomic E-state index is -3.88. The Labute approximate surface area is 194 Å². The van der Waals surface area contributed by atoms with Crippen molar-refractivity contribution < 1.29 is 17.9 Å². The fraction of sp³-hybridized carbons (Fsp3) is 0.120. The molecule has 0 saturated carbocycles. The highest BCUT2D eigenvalue weighted by atomic mass is 32.2. The van der Waals surface area contributed by atoms with E-state index in [0.717, 1.165) is 15.4 Å².